The molecule has 0 saturated carbocycles. The Morgan fingerprint density at radius 1 is 1.00 bits per heavy atom. The zero-order valence-corrected chi connectivity index (χ0v) is 20.7. The molecule has 200 valence electrons. The minimum Gasteiger partial charge on any atom is -0.352 e. The third-order valence-electron chi connectivity index (χ3n) is 5.81. The number of halogens is 4. The van der Waals surface area contributed by atoms with Gasteiger partial charge in [0, 0.05) is 29.9 Å². The molecule has 3 N–H and O–H groups in total. The number of hydrogen-bond donors (Lipinski definition) is 3. The van der Waals surface area contributed by atoms with Gasteiger partial charge in [0.2, 0.25) is 0 Å². The Morgan fingerprint density at radius 3 is 2.37 bits per heavy atom. The Hall–Kier alpha value is -4.00. The van der Waals surface area contributed by atoms with E-state index >= 15 is 0 Å². The van der Waals surface area contributed by atoms with Crippen LogP contribution in [-0.2, 0) is 16.0 Å². The molecule has 0 spiro atoms. The number of benzene rings is 2. The van der Waals surface area contributed by atoms with Crippen LogP contribution in [0, 0.1) is 18.7 Å². The van der Waals surface area contributed by atoms with Gasteiger partial charge in [-0.3, -0.25) is 9.59 Å². The Kier molecular flexibility index (Phi) is 7.40. The molecule has 13 heteroatoms. The van der Waals surface area contributed by atoms with Gasteiger partial charge in [-0.1, -0.05) is 18.2 Å². The van der Waals surface area contributed by atoms with Gasteiger partial charge in [-0.25, -0.2) is 17.8 Å². The monoisotopic (exact) mass is 550 g/mol. The summed E-state index contributed by atoms with van der Waals surface area (Å²) in [7, 11) is -3.06. The lowest BCUT2D eigenvalue weighted by atomic mass is 10.1. The van der Waals surface area contributed by atoms with Crippen LogP contribution in [0.15, 0.2) is 54.7 Å². The summed E-state index contributed by atoms with van der Waals surface area (Å²) in [5, 5.41) is 8.03. The molecule has 4 rings (SSSR count). The maximum absolute atomic E-state index is 13.9. The lowest BCUT2D eigenvalue weighted by molar-refractivity contribution is -0.137. The number of pyridine rings is 1. The van der Waals surface area contributed by atoms with Crippen LogP contribution in [0.1, 0.15) is 31.8 Å². The van der Waals surface area contributed by atoms with E-state index in [-0.39, 0.29) is 47.1 Å². The maximum Gasteiger partial charge on any atom is 0.416 e. The largest absolute Gasteiger partial charge is 0.416 e. The molecule has 3 aromatic rings. The van der Waals surface area contributed by atoms with Crippen molar-refractivity contribution in [2.45, 2.75) is 13.1 Å². The quantitative estimate of drug-likeness (QED) is 0.378. The molecule has 1 fully saturated rings. The first-order chi connectivity index (χ1) is 17.8. The van der Waals surface area contributed by atoms with Gasteiger partial charge in [0.05, 0.1) is 28.3 Å². The Labute approximate surface area is 215 Å². The Bertz CT molecular complexity index is 1500. The van der Waals surface area contributed by atoms with Gasteiger partial charge in [0.15, 0.2) is 15.7 Å². The van der Waals surface area contributed by atoms with Crippen LogP contribution in [0.4, 0.5) is 34.8 Å². The van der Waals surface area contributed by atoms with Crippen molar-refractivity contribution in [1.82, 2.24) is 10.3 Å². The normalized spacial score (nSPS) is 14.9. The van der Waals surface area contributed by atoms with Crippen molar-refractivity contribution in [3.05, 3.63) is 82.8 Å². The number of anilines is 3. The number of carbonyl (C=O) groups is 2. The lowest BCUT2D eigenvalue weighted by Crippen LogP contribution is -2.44. The molecule has 1 aromatic heterocycles. The van der Waals surface area contributed by atoms with Crippen molar-refractivity contribution in [3.8, 4) is 0 Å². The molecule has 8 nitrogen and oxygen atoms in total. The highest BCUT2D eigenvalue weighted by molar-refractivity contribution is 7.92. The van der Waals surface area contributed by atoms with Crippen LogP contribution in [0.2, 0.25) is 0 Å². The predicted molar refractivity (Wildman–Crippen MR) is 133 cm³/mol. The van der Waals surface area contributed by atoms with Crippen molar-refractivity contribution < 1.29 is 35.6 Å². The first-order valence-electron chi connectivity index (χ1n) is 11.3. The molecule has 1 aliphatic heterocycles. The second kappa shape index (κ2) is 10.4. The van der Waals surface area contributed by atoms with Crippen molar-refractivity contribution in [3.63, 3.8) is 0 Å². The van der Waals surface area contributed by atoms with E-state index in [4.69, 9.17) is 0 Å². The van der Waals surface area contributed by atoms with Crippen LogP contribution in [0.5, 0.6) is 0 Å². The Morgan fingerprint density at radius 2 is 1.71 bits per heavy atom. The fraction of sp³-hybridized carbons (Fsp3) is 0.240. The number of sulfone groups is 1. The molecule has 2 aromatic carbocycles. The summed E-state index contributed by atoms with van der Waals surface area (Å²) in [4.78, 5) is 29.7. The van der Waals surface area contributed by atoms with Crippen LogP contribution in [0.3, 0.4) is 0 Å². The molecular formula is C25H22F4N4O4S. The van der Waals surface area contributed by atoms with E-state index in [2.05, 4.69) is 20.9 Å². The zero-order chi connectivity index (χ0) is 27.7. The highest BCUT2D eigenvalue weighted by atomic mass is 32.2. The van der Waals surface area contributed by atoms with Gasteiger partial charge in [-0.15, -0.1) is 0 Å². The predicted octanol–water partition coefficient (Wildman–Crippen LogP) is 4.32. The molecule has 0 bridgehead atoms. The molecule has 1 saturated heterocycles. The van der Waals surface area contributed by atoms with Gasteiger partial charge >= 0.3 is 6.18 Å². The summed E-state index contributed by atoms with van der Waals surface area (Å²) in [6.45, 7) is 1.93. The second-order valence-electron chi connectivity index (χ2n) is 8.89. The molecule has 0 radical (unpaired) electrons. The van der Waals surface area contributed by atoms with Gasteiger partial charge in [-0.05, 0) is 42.8 Å². The van der Waals surface area contributed by atoms with Crippen LogP contribution < -0.4 is 16.0 Å². The summed E-state index contributed by atoms with van der Waals surface area (Å²) in [5.41, 5.74) is -0.513. The number of nitrogens with one attached hydrogen (secondary N) is 3. The zero-order valence-electron chi connectivity index (χ0n) is 19.9. The average molecular weight is 551 g/mol. The standard InChI is InChI=1S/C25H22F4N4O4S/c1-14-4-2-3-5-20(14)32-22-21(33-24(35)16-6-18(25(27,28)29)9-19(26)7-16)8-17(11-30-22)23(34)31-10-15-12-38(36,37)13-15/h2-9,11,15H,10,12-13H2,1H3,(H,30,32)(H,31,34)(H,33,35). The summed E-state index contributed by atoms with van der Waals surface area (Å²) in [5.74, 6) is -3.07. The molecule has 38 heavy (non-hydrogen) atoms. The number of aromatic nitrogens is 1. The van der Waals surface area contributed by atoms with E-state index in [9.17, 15) is 35.6 Å². The number of amides is 2. The van der Waals surface area contributed by atoms with Crippen LogP contribution in [-0.4, -0.2) is 43.3 Å². The molecule has 2 heterocycles. The Balaban J connectivity index is 1.61. The summed E-state index contributed by atoms with van der Waals surface area (Å²) in [6.07, 6.45) is -3.64. The minimum absolute atomic E-state index is 0.00744. The third kappa shape index (κ3) is 6.46. The molecular weight excluding hydrogens is 528 g/mol. The summed E-state index contributed by atoms with van der Waals surface area (Å²) < 4.78 is 75.9. The number of alkyl halides is 3. The van der Waals surface area contributed by atoms with E-state index < -0.39 is 44.8 Å². The number of hydrogen-bond acceptors (Lipinski definition) is 6. The van der Waals surface area contributed by atoms with E-state index in [1.54, 1.807) is 18.2 Å². The SMILES string of the molecule is Cc1ccccc1Nc1ncc(C(=O)NCC2CS(=O)(=O)C2)cc1NC(=O)c1cc(F)cc(C(F)(F)F)c1. The van der Waals surface area contributed by atoms with E-state index in [0.717, 1.165) is 5.56 Å². The van der Waals surface area contributed by atoms with E-state index in [0.29, 0.717) is 17.8 Å². The van der Waals surface area contributed by atoms with Gasteiger partial charge in [0.25, 0.3) is 11.8 Å². The van der Waals surface area contributed by atoms with E-state index in [1.807, 2.05) is 13.0 Å². The highest BCUT2D eigenvalue weighted by Gasteiger charge is 2.34. The number of carbonyl (C=O) groups excluding carboxylic acids is 2. The highest BCUT2D eigenvalue weighted by Crippen LogP contribution is 2.31. The van der Waals surface area contributed by atoms with Crippen LogP contribution in [0.25, 0.3) is 0 Å². The molecule has 1 aliphatic rings. The number of rotatable bonds is 7. The van der Waals surface area contributed by atoms with Gasteiger partial charge in [0.1, 0.15) is 5.82 Å². The molecule has 0 unspecified atom stereocenters. The summed E-state index contributed by atoms with van der Waals surface area (Å²) in [6, 6.07) is 9.83. The topological polar surface area (TPSA) is 117 Å². The number of aryl methyl sites for hydroxylation is 1. The number of nitrogens with zero attached hydrogens (tertiary/aromatic N) is 1. The molecule has 2 amide bonds. The average Bonchev–Trinajstić information content (AvgIpc) is 2.82. The van der Waals surface area contributed by atoms with Crippen molar-refractivity contribution in [2.75, 3.05) is 28.7 Å². The second-order valence-corrected chi connectivity index (χ2v) is 11.0. The van der Waals surface area contributed by atoms with Gasteiger partial charge in [-0.2, -0.15) is 13.2 Å². The maximum atomic E-state index is 13.9. The molecule has 0 aliphatic carbocycles. The van der Waals surface area contributed by atoms with Gasteiger partial charge < -0.3 is 16.0 Å². The number of para-hydroxylation sites is 1. The van der Waals surface area contributed by atoms with Crippen molar-refractivity contribution in [1.29, 1.82) is 0 Å². The van der Waals surface area contributed by atoms with Crippen molar-refractivity contribution >= 4 is 38.8 Å². The first kappa shape index (κ1) is 27.0. The molecule has 0 atom stereocenters. The minimum atomic E-state index is -4.87. The lowest BCUT2D eigenvalue weighted by Gasteiger charge is -2.25. The fourth-order valence-electron chi connectivity index (χ4n) is 3.83. The smallest absolute Gasteiger partial charge is 0.352 e. The van der Waals surface area contributed by atoms with Crippen molar-refractivity contribution in [2.24, 2.45) is 5.92 Å². The third-order valence-corrected chi connectivity index (χ3v) is 7.77. The first-order valence-corrected chi connectivity index (χ1v) is 13.1. The van der Waals surface area contributed by atoms with Crippen LogP contribution >= 0.6 is 0 Å². The fourth-order valence-corrected chi connectivity index (χ4v) is 5.40. The summed E-state index contributed by atoms with van der Waals surface area (Å²) >= 11 is 0. The van der Waals surface area contributed by atoms with E-state index in [1.165, 1.54) is 12.3 Å².